The highest BCUT2D eigenvalue weighted by atomic mass is 16.5. The van der Waals surface area contributed by atoms with Crippen LogP contribution in [0.25, 0.3) is 0 Å². The fourth-order valence-corrected chi connectivity index (χ4v) is 1.23. The van der Waals surface area contributed by atoms with Crippen molar-refractivity contribution >= 4 is 17.9 Å². The largest absolute Gasteiger partial charge is 0.462 e. The van der Waals surface area contributed by atoms with Crippen LogP contribution in [0.4, 0.5) is 5.69 Å². The first-order valence-corrected chi connectivity index (χ1v) is 4.22. The highest BCUT2D eigenvalue weighted by Gasteiger charge is 2.19. The van der Waals surface area contributed by atoms with Crippen molar-refractivity contribution in [1.29, 1.82) is 0 Å². The Kier molecular flexibility index (Phi) is 2.91. The molecule has 0 radical (unpaired) electrons. The van der Waals surface area contributed by atoms with Gasteiger partial charge in [-0.3, -0.25) is 4.79 Å². The smallest absolute Gasteiger partial charge is 0.342 e. The molecule has 0 aromatic carbocycles. The molecule has 0 atom stereocenters. The van der Waals surface area contributed by atoms with Crippen LogP contribution in [0, 0.1) is 6.92 Å². The molecule has 1 aromatic rings. The van der Waals surface area contributed by atoms with Gasteiger partial charge in [0.15, 0.2) is 6.29 Å². The van der Waals surface area contributed by atoms with E-state index in [1.54, 1.807) is 13.8 Å². The molecule has 0 fully saturated rings. The molecule has 0 aliphatic rings. The number of H-pyrrole nitrogens is 1. The fraction of sp³-hybridized carbons (Fsp3) is 0.333. The van der Waals surface area contributed by atoms with Gasteiger partial charge in [0.25, 0.3) is 0 Å². The third-order valence-corrected chi connectivity index (χ3v) is 1.85. The van der Waals surface area contributed by atoms with E-state index in [4.69, 9.17) is 10.5 Å². The Hall–Kier alpha value is -1.78. The second-order valence-electron chi connectivity index (χ2n) is 2.79. The summed E-state index contributed by atoms with van der Waals surface area (Å²) in [5.74, 6) is -0.508. The SMILES string of the molecule is CCOC(=O)c1c(C)[nH]c(C=O)c1N. The zero-order valence-corrected chi connectivity index (χ0v) is 8.09. The van der Waals surface area contributed by atoms with Crippen LogP contribution in [0.2, 0.25) is 0 Å². The molecule has 0 aliphatic heterocycles. The zero-order valence-electron chi connectivity index (χ0n) is 8.09. The molecule has 5 nitrogen and oxygen atoms in total. The summed E-state index contributed by atoms with van der Waals surface area (Å²) in [7, 11) is 0. The minimum atomic E-state index is -0.508. The summed E-state index contributed by atoms with van der Waals surface area (Å²) in [6.07, 6.45) is 0.574. The molecule has 3 N–H and O–H groups in total. The van der Waals surface area contributed by atoms with Crippen molar-refractivity contribution < 1.29 is 14.3 Å². The van der Waals surface area contributed by atoms with Crippen molar-refractivity contribution in [2.75, 3.05) is 12.3 Å². The number of hydrogen-bond acceptors (Lipinski definition) is 4. The first-order chi connectivity index (χ1) is 6.61. The summed E-state index contributed by atoms with van der Waals surface area (Å²) in [5.41, 5.74) is 6.73. The van der Waals surface area contributed by atoms with Crippen LogP contribution >= 0.6 is 0 Å². The van der Waals surface area contributed by atoms with Crippen molar-refractivity contribution in [2.45, 2.75) is 13.8 Å². The number of ether oxygens (including phenoxy) is 1. The number of rotatable bonds is 3. The van der Waals surface area contributed by atoms with Gasteiger partial charge in [-0.05, 0) is 13.8 Å². The molecule has 0 aliphatic carbocycles. The topological polar surface area (TPSA) is 85.2 Å². The average Bonchev–Trinajstić information content (AvgIpc) is 2.41. The van der Waals surface area contributed by atoms with E-state index < -0.39 is 5.97 Å². The van der Waals surface area contributed by atoms with Gasteiger partial charge in [-0.2, -0.15) is 0 Å². The monoisotopic (exact) mass is 196 g/mol. The average molecular weight is 196 g/mol. The van der Waals surface area contributed by atoms with Crippen LogP contribution in [-0.2, 0) is 4.74 Å². The number of nitrogens with one attached hydrogen (secondary N) is 1. The zero-order chi connectivity index (χ0) is 10.7. The van der Waals surface area contributed by atoms with Crippen LogP contribution < -0.4 is 5.73 Å². The first-order valence-electron chi connectivity index (χ1n) is 4.22. The normalized spacial score (nSPS) is 9.86. The number of aldehydes is 1. The number of carbonyl (C=O) groups excluding carboxylic acids is 2. The van der Waals surface area contributed by atoms with Gasteiger partial charge in [-0.1, -0.05) is 0 Å². The maximum absolute atomic E-state index is 11.4. The van der Waals surface area contributed by atoms with Crippen molar-refractivity contribution in [2.24, 2.45) is 0 Å². The molecule has 0 unspecified atom stereocenters. The van der Waals surface area contributed by atoms with Crippen molar-refractivity contribution in [3.05, 3.63) is 17.0 Å². The minimum Gasteiger partial charge on any atom is -0.462 e. The molecule has 1 rings (SSSR count). The molecule has 5 heteroatoms. The predicted molar refractivity (Wildman–Crippen MR) is 51.3 cm³/mol. The van der Waals surface area contributed by atoms with Crippen molar-refractivity contribution in [3.63, 3.8) is 0 Å². The van der Waals surface area contributed by atoms with Gasteiger partial charge < -0.3 is 15.5 Å². The van der Waals surface area contributed by atoms with Gasteiger partial charge in [-0.15, -0.1) is 0 Å². The van der Waals surface area contributed by atoms with E-state index in [9.17, 15) is 9.59 Å². The maximum atomic E-state index is 11.4. The number of hydrogen-bond donors (Lipinski definition) is 2. The van der Waals surface area contributed by atoms with E-state index >= 15 is 0 Å². The van der Waals surface area contributed by atoms with E-state index in [0.717, 1.165) is 0 Å². The summed E-state index contributed by atoms with van der Waals surface area (Å²) in [6.45, 7) is 3.64. The lowest BCUT2D eigenvalue weighted by molar-refractivity contribution is 0.0527. The first kappa shape index (κ1) is 10.3. The minimum absolute atomic E-state index is 0.149. The summed E-state index contributed by atoms with van der Waals surface area (Å²) in [4.78, 5) is 24.6. The standard InChI is InChI=1S/C9H12N2O3/c1-3-14-9(13)7-5(2)11-6(4-12)8(7)10/h4,11H,3,10H2,1-2H3. The molecular weight excluding hydrogens is 184 g/mol. The highest BCUT2D eigenvalue weighted by Crippen LogP contribution is 2.20. The van der Waals surface area contributed by atoms with Crippen molar-refractivity contribution in [1.82, 2.24) is 4.98 Å². The van der Waals surface area contributed by atoms with Crippen LogP contribution in [0.3, 0.4) is 0 Å². The Bertz CT molecular complexity index is 368. The van der Waals surface area contributed by atoms with Gasteiger partial charge in [0.05, 0.1) is 12.3 Å². The number of nitrogens with two attached hydrogens (primary N) is 1. The summed E-state index contributed by atoms with van der Waals surface area (Å²) in [6, 6.07) is 0. The van der Waals surface area contributed by atoms with Crippen LogP contribution in [0.1, 0.15) is 33.5 Å². The molecule has 76 valence electrons. The molecule has 0 bridgehead atoms. The van der Waals surface area contributed by atoms with Gasteiger partial charge in [0, 0.05) is 5.69 Å². The Labute approximate surface area is 81.2 Å². The Morgan fingerprint density at radius 3 is 2.71 bits per heavy atom. The lowest BCUT2D eigenvalue weighted by Crippen LogP contribution is -2.07. The molecule has 0 saturated heterocycles. The summed E-state index contributed by atoms with van der Waals surface area (Å²) < 4.78 is 4.79. The van der Waals surface area contributed by atoms with E-state index in [0.29, 0.717) is 12.0 Å². The van der Waals surface area contributed by atoms with Crippen LogP contribution in [0.15, 0.2) is 0 Å². The predicted octanol–water partition coefficient (Wildman–Crippen LogP) is 0.895. The number of carbonyl (C=O) groups is 2. The second-order valence-corrected chi connectivity index (χ2v) is 2.79. The molecule has 0 amide bonds. The lowest BCUT2D eigenvalue weighted by atomic mass is 10.2. The molecule has 1 heterocycles. The number of aromatic amines is 1. The number of esters is 1. The molecule has 14 heavy (non-hydrogen) atoms. The fourth-order valence-electron chi connectivity index (χ4n) is 1.23. The van der Waals surface area contributed by atoms with Gasteiger partial charge in [0.2, 0.25) is 0 Å². The third-order valence-electron chi connectivity index (χ3n) is 1.85. The number of nitrogen functional groups attached to an aromatic ring is 1. The lowest BCUT2D eigenvalue weighted by Gasteiger charge is -2.01. The number of aromatic nitrogens is 1. The van der Waals surface area contributed by atoms with E-state index in [1.165, 1.54) is 0 Å². The Morgan fingerprint density at radius 2 is 2.29 bits per heavy atom. The number of aryl methyl sites for hydroxylation is 1. The quantitative estimate of drug-likeness (QED) is 0.555. The van der Waals surface area contributed by atoms with Crippen LogP contribution in [0.5, 0.6) is 0 Å². The van der Waals surface area contributed by atoms with Crippen LogP contribution in [-0.4, -0.2) is 23.8 Å². The Balaban J connectivity index is 3.13. The summed E-state index contributed by atoms with van der Waals surface area (Å²) >= 11 is 0. The maximum Gasteiger partial charge on any atom is 0.342 e. The van der Waals surface area contributed by atoms with Gasteiger partial charge in [0.1, 0.15) is 11.3 Å². The van der Waals surface area contributed by atoms with E-state index in [2.05, 4.69) is 4.98 Å². The van der Waals surface area contributed by atoms with E-state index in [1.807, 2.05) is 0 Å². The van der Waals surface area contributed by atoms with Gasteiger partial charge >= 0.3 is 5.97 Å². The summed E-state index contributed by atoms with van der Waals surface area (Å²) in [5, 5.41) is 0. The molecule has 0 spiro atoms. The van der Waals surface area contributed by atoms with Gasteiger partial charge in [-0.25, -0.2) is 4.79 Å². The third kappa shape index (κ3) is 1.61. The molecule has 0 saturated carbocycles. The van der Waals surface area contributed by atoms with Crippen molar-refractivity contribution in [3.8, 4) is 0 Å². The van der Waals surface area contributed by atoms with E-state index in [-0.39, 0.29) is 23.6 Å². The Morgan fingerprint density at radius 1 is 1.64 bits per heavy atom. The second kappa shape index (κ2) is 3.95. The highest BCUT2D eigenvalue weighted by molar-refractivity contribution is 6.00. The number of anilines is 1. The molecule has 1 aromatic heterocycles. The molecular formula is C9H12N2O3.